The Labute approximate surface area is 121 Å². The molecule has 5 heteroatoms. The monoisotopic (exact) mass is 330 g/mol. The highest BCUT2D eigenvalue weighted by Gasteiger charge is 2.32. The van der Waals surface area contributed by atoms with Crippen LogP contribution in [0.1, 0.15) is 25.5 Å². The molecule has 0 aliphatic heterocycles. The molecule has 0 spiro atoms. The van der Waals surface area contributed by atoms with Crippen molar-refractivity contribution in [1.29, 1.82) is 0 Å². The molecule has 4 nitrogen and oxygen atoms in total. The normalized spacial score (nSPS) is 14.1. The lowest BCUT2D eigenvalue weighted by atomic mass is 9.86. The lowest BCUT2D eigenvalue weighted by Crippen LogP contribution is -2.28. The molecule has 0 saturated heterocycles. The first kappa shape index (κ1) is 16.0. The van der Waals surface area contributed by atoms with E-state index in [0.717, 1.165) is 4.47 Å². The quantitative estimate of drug-likeness (QED) is 0.843. The van der Waals surface area contributed by atoms with Gasteiger partial charge in [-0.2, -0.15) is 0 Å². The number of aliphatic hydroxyl groups excluding tert-OH is 1. The molecule has 0 bridgehead atoms. The maximum Gasteiger partial charge on any atom is 0.311 e. The van der Waals surface area contributed by atoms with Crippen molar-refractivity contribution in [2.45, 2.75) is 20.0 Å². The van der Waals surface area contributed by atoms with E-state index in [1.54, 1.807) is 25.3 Å². The molecule has 0 heterocycles. The molecule has 106 valence electrons. The van der Waals surface area contributed by atoms with Crippen LogP contribution in [0.15, 0.2) is 22.7 Å². The van der Waals surface area contributed by atoms with Crippen molar-refractivity contribution < 1.29 is 19.4 Å². The molecule has 0 amide bonds. The van der Waals surface area contributed by atoms with E-state index in [-0.39, 0.29) is 5.92 Å². The maximum absolute atomic E-state index is 11.8. The number of hydrogen-bond donors (Lipinski definition) is 1. The van der Waals surface area contributed by atoms with Gasteiger partial charge in [0.25, 0.3) is 0 Å². The Morgan fingerprint density at radius 3 is 2.37 bits per heavy atom. The van der Waals surface area contributed by atoms with Crippen molar-refractivity contribution in [2.24, 2.45) is 11.8 Å². The summed E-state index contributed by atoms with van der Waals surface area (Å²) < 4.78 is 10.6. The average Bonchev–Trinajstić information content (AvgIpc) is 2.37. The molecule has 1 N–H and O–H groups in total. The highest BCUT2D eigenvalue weighted by Crippen LogP contribution is 2.33. The minimum absolute atomic E-state index is 0.0247. The lowest BCUT2D eigenvalue weighted by Gasteiger charge is -2.24. The summed E-state index contributed by atoms with van der Waals surface area (Å²) in [6, 6.07) is 5.24. The van der Waals surface area contributed by atoms with Gasteiger partial charge in [-0.15, -0.1) is 0 Å². The smallest absolute Gasteiger partial charge is 0.311 e. The van der Waals surface area contributed by atoms with Gasteiger partial charge in [0.2, 0.25) is 0 Å². The number of esters is 1. The van der Waals surface area contributed by atoms with Crippen LogP contribution in [0, 0.1) is 11.8 Å². The molecule has 19 heavy (non-hydrogen) atoms. The van der Waals surface area contributed by atoms with Gasteiger partial charge in [0.05, 0.1) is 30.7 Å². The maximum atomic E-state index is 11.8. The summed E-state index contributed by atoms with van der Waals surface area (Å²) in [6.07, 6.45) is -0.908. The third-order valence-electron chi connectivity index (χ3n) is 3.05. The number of hydrogen-bond acceptors (Lipinski definition) is 4. The highest BCUT2D eigenvalue weighted by atomic mass is 79.9. The van der Waals surface area contributed by atoms with Gasteiger partial charge in [-0.05, 0) is 39.5 Å². The first-order chi connectivity index (χ1) is 8.92. The lowest BCUT2D eigenvalue weighted by molar-refractivity contribution is -0.152. The van der Waals surface area contributed by atoms with Crippen molar-refractivity contribution in [1.82, 2.24) is 0 Å². The number of aliphatic hydroxyl groups is 1. The minimum atomic E-state index is -0.908. The van der Waals surface area contributed by atoms with E-state index in [2.05, 4.69) is 15.9 Å². The third-order valence-corrected chi connectivity index (χ3v) is 3.67. The molecule has 0 radical (unpaired) electrons. The van der Waals surface area contributed by atoms with E-state index < -0.39 is 18.0 Å². The minimum Gasteiger partial charge on any atom is -0.496 e. The van der Waals surface area contributed by atoms with Gasteiger partial charge in [0, 0.05) is 0 Å². The second-order valence-electron chi connectivity index (χ2n) is 4.63. The first-order valence-corrected chi connectivity index (χ1v) is 6.81. The molecule has 2 unspecified atom stereocenters. The molecule has 1 rings (SSSR count). The van der Waals surface area contributed by atoms with Crippen LogP contribution in [-0.4, -0.2) is 25.3 Å². The Hall–Kier alpha value is -1.07. The summed E-state index contributed by atoms with van der Waals surface area (Å²) in [5, 5.41) is 10.4. The molecular weight excluding hydrogens is 312 g/mol. The standard InChI is InChI=1S/C14H19BrO4/c1-8(2)12(14(17)19-4)13(16)9-5-6-11(18-3)10(15)7-9/h5-8,12-13,16H,1-4H3. The van der Waals surface area contributed by atoms with Crippen LogP contribution in [0.2, 0.25) is 0 Å². The Morgan fingerprint density at radius 2 is 1.95 bits per heavy atom. The van der Waals surface area contributed by atoms with Crippen LogP contribution >= 0.6 is 15.9 Å². The highest BCUT2D eigenvalue weighted by molar-refractivity contribution is 9.10. The van der Waals surface area contributed by atoms with Gasteiger partial charge >= 0.3 is 5.97 Å². The molecule has 2 atom stereocenters. The summed E-state index contributed by atoms with van der Waals surface area (Å²) in [6.45, 7) is 3.76. The van der Waals surface area contributed by atoms with Crippen LogP contribution in [-0.2, 0) is 9.53 Å². The van der Waals surface area contributed by atoms with E-state index in [0.29, 0.717) is 11.3 Å². The zero-order valence-electron chi connectivity index (χ0n) is 11.5. The molecule has 0 fully saturated rings. The second kappa shape index (κ2) is 6.91. The molecule has 0 aromatic heterocycles. The number of carbonyl (C=O) groups is 1. The Morgan fingerprint density at radius 1 is 1.32 bits per heavy atom. The molecule has 0 saturated carbocycles. The zero-order valence-corrected chi connectivity index (χ0v) is 13.1. The molecule has 0 aliphatic rings. The van der Waals surface area contributed by atoms with Gasteiger partial charge in [0.1, 0.15) is 5.75 Å². The van der Waals surface area contributed by atoms with Gasteiger partial charge in [-0.3, -0.25) is 4.79 Å². The number of halogens is 1. The molecule has 0 aliphatic carbocycles. The summed E-state index contributed by atoms with van der Waals surface area (Å²) in [7, 11) is 2.90. The fraction of sp³-hybridized carbons (Fsp3) is 0.500. The number of benzene rings is 1. The fourth-order valence-corrected chi connectivity index (χ4v) is 2.53. The summed E-state index contributed by atoms with van der Waals surface area (Å²) >= 11 is 3.36. The first-order valence-electron chi connectivity index (χ1n) is 6.01. The number of methoxy groups -OCH3 is 2. The van der Waals surface area contributed by atoms with Crippen molar-refractivity contribution in [3.63, 3.8) is 0 Å². The average molecular weight is 331 g/mol. The number of rotatable bonds is 5. The van der Waals surface area contributed by atoms with Crippen LogP contribution in [0.25, 0.3) is 0 Å². The van der Waals surface area contributed by atoms with E-state index in [9.17, 15) is 9.90 Å². The topological polar surface area (TPSA) is 55.8 Å². The second-order valence-corrected chi connectivity index (χ2v) is 5.49. The predicted octanol–water partition coefficient (Wildman–Crippen LogP) is 2.94. The van der Waals surface area contributed by atoms with Gasteiger partial charge < -0.3 is 14.6 Å². The largest absolute Gasteiger partial charge is 0.496 e. The molecule has 1 aromatic carbocycles. The SMILES string of the molecule is COC(=O)C(C(C)C)C(O)c1ccc(OC)c(Br)c1. The van der Waals surface area contributed by atoms with Gasteiger partial charge in [-0.1, -0.05) is 19.9 Å². The summed E-state index contributed by atoms with van der Waals surface area (Å²) in [4.78, 5) is 11.8. The molecular formula is C14H19BrO4. The Kier molecular flexibility index (Phi) is 5.82. The van der Waals surface area contributed by atoms with Crippen LogP contribution < -0.4 is 4.74 Å². The van der Waals surface area contributed by atoms with E-state index in [1.807, 2.05) is 13.8 Å². The summed E-state index contributed by atoms with van der Waals surface area (Å²) in [5.74, 6) is -0.349. The summed E-state index contributed by atoms with van der Waals surface area (Å²) in [5.41, 5.74) is 0.650. The van der Waals surface area contributed by atoms with Crippen LogP contribution in [0.4, 0.5) is 0 Å². The molecule has 1 aromatic rings. The number of carbonyl (C=O) groups excluding carboxylic acids is 1. The van der Waals surface area contributed by atoms with E-state index in [4.69, 9.17) is 9.47 Å². The van der Waals surface area contributed by atoms with Crippen LogP contribution in [0.5, 0.6) is 5.75 Å². The van der Waals surface area contributed by atoms with Gasteiger partial charge in [-0.25, -0.2) is 0 Å². The van der Waals surface area contributed by atoms with Crippen molar-refractivity contribution in [3.8, 4) is 5.75 Å². The third kappa shape index (κ3) is 3.70. The van der Waals surface area contributed by atoms with Crippen LogP contribution in [0.3, 0.4) is 0 Å². The fourth-order valence-electron chi connectivity index (χ4n) is 1.98. The van der Waals surface area contributed by atoms with Crippen molar-refractivity contribution in [2.75, 3.05) is 14.2 Å². The predicted molar refractivity (Wildman–Crippen MR) is 76.0 cm³/mol. The van der Waals surface area contributed by atoms with Crippen molar-refractivity contribution in [3.05, 3.63) is 28.2 Å². The Bertz CT molecular complexity index is 445. The van der Waals surface area contributed by atoms with E-state index in [1.165, 1.54) is 7.11 Å². The van der Waals surface area contributed by atoms with Gasteiger partial charge in [0.15, 0.2) is 0 Å². The Balaban J connectivity index is 3.06. The number of ether oxygens (including phenoxy) is 2. The zero-order chi connectivity index (χ0) is 14.6. The van der Waals surface area contributed by atoms with Crippen molar-refractivity contribution >= 4 is 21.9 Å². The van der Waals surface area contributed by atoms with E-state index >= 15 is 0 Å².